The van der Waals surface area contributed by atoms with Crippen molar-refractivity contribution in [1.82, 2.24) is 15.3 Å². The Labute approximate surface area is 199 Å². The van der Waals surface area contributed by atoms with Gasteiger partial charge in [-0.25, -0.2) is 4.98 Å². The van der Waals surface area contributed by atoms with Gasteiger partial charge in [-0.1, -0.05) is 33.1 Å². The lowest BCUT2D eigenvalue weighted by Gasteiger charge is -2.28. The first-order chi connectivity index (χ1) is 16.3. The quantitative estimate of drug-likeness (QED) is 0.457. The van der Waals surface area contributed by atoms with E-state index in [9.17, 15) is 9.59 Å². The van der Waals surface area contributed by atoms with Gasteiger partial charge in [-0.2, -0.15) is 5.26 Å². The number of rotatable bonds is 5. The van der Waals surface area contributed by atoms with Crippen LogP contribution in [0.15, 0.2) is 42.5 Å². The summed E-state index contributed by atoms with van der Waals surface area (Å²) in [6.45, 7) is 4.57. The predicted molar refractivity (Wildman–Crippen MR) is 132 cm³/mol. The van der Waals surface area contributed by atoms with Gasteiger partial charge in [0, 0.05) is 11.3 Å². The zero-order chi connectivity index (χ0) is 24.6. The van der Waals surface area contributed by atoms with E-state index in [0.717, 1.165) is 5.69 Å². The molecule has 1 aliphatic rings. The number of imidazole rings is 1. The first-order valence-electron chi connectivity index (χ1n) is 11.4. The Balaban J connectivity index is 0.000000343. The van der Waals surface area contributed by atoms with Crippen molar-refractivity contribution in [3.63, 3.8) is 0 Å². The topological polar surface area (TPSA) is 120 Å². The summed E-state index contributed by atoms with van der Waals surface area (Å²) in [5.41, 5.74) is 3.78. The summed E-state index contributed by atoms with van der Waals surface area (Å²) < 4.78 is 4.49. The SMILES string of the molecule is CC1(C)CCCCC1.COC(=O)CNC(=O)c1ccc2nc(Nc3ccc(C#N)cc3)[nH]c2c1. The molecule has 0 bridgehead atoms. The first-order valence-corrected chi connectivity index (χ1v) is 11.4. The number of fused-ring (bicyclic) bond motifs is 1. The molecule has 8 heteroatoms. The summed E-state index contributed by atoms with van der Waals surface area (Å²) in [6.07, 6.45) is 7.31. The van der Waals surface area contributed by atoms with Gasteiger partial charge in [0.1, 0.15) is 6.54 Å². The third kappa shape index (κ3) is 7.07. The number of esters is 1. The first kappa shape index (κ1) is 24.8. The van der Waals surface area contributed by atoms with Crippen molar-refractivity contribution in [2.24, 2.45) is 5.41 Å². The number of hydrogen-bond donors (Lipinski definition) is 3. The molecule has 0 spiro atoms. The van der Waals surface area contributed by atoms with Crippen molar-refractivity contribution in [3.8, 4) is 6.07 Å². The number of carbonyl (C=O) groups is 2. The Morgan fingerprint density at radius 2 is 1.82 bits per heavy atom. The van der Waals surface area contributed by atoms with E-state index in [1.165, 1.54) is 39.2 Å². The van der Waals surface area contributed by atoms with E-state index in [1.807, 2.05) is 0 Å². The second kappa shape index (κ2) is 11.3. The van der Waals surface area contributed by atoms with Crippen LogP contribution in [0.3, 0.4) is 0 Å². The van der Waals surface area contributed by atoms with E-state index >= 15 is 0 Å². The number of aromatic nitrogens is 2. The van der Waals surface area contributed by atoms with E-state index in [4.69, 9.17) is 5.26 Å². The third-order valence-electron chi connectivity index (χ3n) is 5.85. The van der Waals surface area contributed by atoms with E-state index in [2.05, 4.69) is 45.3 Å². The molecule has 0 saturated heterocycles. The summed E-state index contributed by atoms with van der Waals surface area (Å²) >= 11 is 0. The van der Waals surface area contributed by atoms with Gasteiger partial charge < -0.3 is 20.4 Å². The lowest BCUT2D eigenvalue weighted by molar-refractivity contribution is -0.139. The summed E-state index contributed by atoms with van der Waals surface area (Å²) in [6, 6.07) is 14.0. The van der Waals surface area contributed by atoms with Crippen molar-refractivity contribution in [2.45, 2.75) is 46.0 Å². The Hall–Kier alpha value is -3.86. The van der Waals surface area contributed by atoms with E-state index in [-0.39, 0.29) is 12.5 Å². The van der Waals surface area contributed by atoms with Gasteiger partial charge in [0.2, 0.25) is 5.95 Å². The zero-order valence-electron chi connectivity index (χ0n) is 19.9. The highest BCUT2D eigenvalue weighted by Crippen LogP contribution is 2.34. The van der Waals surface area contributed by atoms with Gasteiger partial charge in [0.25, 0.3) is 5.91 Å². The third-order valence-corrected chi connectivity index (χ3v) is 5.85. The molecule has 1 amide bonds. The fraction of sp³-hybridized carbons (Fsp3) is 0.385. The van der Waals surface area contributed by atoms with Crippen LogP contribution in [-0.2, 0) is 9.53 Å². The maximum atomic E-state index is 12.1. The second-order valence-electron chi connectivity index (χ2n) is 9.12. The minimum absolute atomic E-state index is 0.193. The van der Waals surface area contributed by atoms with E-state index in [0.29, 0.717) is 33.5 Å². The van der Waals surface area contributed by atoms with Crippen LogP contribution in [-0.4, -0.2) is 35.5 Å². The molecule has 178 valence electrons. The van der Waals surface area contributed by atoms with Crippen molar-refractivity contribution in [2.75, 3.05) is 19.0 Å². The molecule has 1 heterocycles. The Morgan fingerprint density at radius 3 is 2.41 bits per heavy atom. The molecule has 0 unspecified atom stereocenters. The molecule has 0 radical (unpaired) electrons. The van der Waals surface area contributed by atoms with Gasteiger partial charge in [0.15, 0.2) is 0 Å². The minimum Gasteiger partial charge on any atom is -0.468 e. The van der Waals surface area contributed by atoms with Gasteiger partial charge in [-0.3, -0.25) is 9.59 Å². The molecular weight excluding hydrogens is 430 g/mol. The number of methoxy groups -OCH3 is 1. The van der Waals surface area contributed by atoms with Crippen LogP contribution in [0.2, 0.25) is 0 Å². The lowest BCUT2D eigenvalue weighted by atomic mass is 9.78. The van der Waals surface area contributed by atoms with Gasteiger partial charge in [-0.15, -0.1) is 0 Å². The molecule has 8 nitrogen and oxygen atoms in total. The van der Waals surface area contributed by atoms with Crippen molar-refractivity contribution in [3.05, 3.63) is 53.6 Å². The number of carbonyl (C=O) groups excluding carboxylic acids is 2. The fourth-order valence-electron chi connectivity index (χ4n) is 3.81. The molecular formula is C26H31N5O3. The monoisotopic (exact) mass is 461 g/mol. The number of nitriles is 1. The molecule has 0 aliphatic heterocycles. The highest BCUT2D eigenvalue weighted by atomic mass is 16.5. The molecule has 4 rings (SSSR count). The van der Waals surface area contributed by atoms with Crippen LogP contribution in [0.5, 0.6) is 0 Å². The maximum absolute atomic E-state index is 12.1. The summed E-state index contributed by atoms with van der Waals surface area (Å²) in [4.78, 5) is 30.7. The van der Waals surface area contributed by atoms with Crippen LogP contribution in [0.4, 0.5) is 11.6 Å². The molecule has 1 aliphatic carbocycles. The summed E-state index contributed by atoms with van der Waals surface area (Å²) in [7, 11) is 1.26. The second-order valence-corrected chi connectivity index (χ2v) is 9.12. The number of H-pyrrole nitrogens is 1. The van der Waals surface area contributed by atoms with Crippen molar-refractivity contribution >= 4 is 34.5 Å². The highest BCUT2D eigenvalue weighted by molar-refractivity contribution is 5.98. The molecule has 3 N–H and O–H groups in total. The average Bonchev–Trinajstić information content (AvgIpc) is 3.24. The van der Waals surface area contributed by atoms with Crippen molar-refractivity contribution in [1.29, 1.82) is 5.26 Å². The Morgan fingerprint density at radius 1 is 1.12 bits per heavy atom. The number of hydrogen-bond acceptors (Lipinski definition) is 6. The van der Waals surface area contributed by atoms with Crippen LogP contribution in [0.25, 0.3) is 11.0 Å². The van der Waals surface area contributed by atoms with Crippen LogP contribution < -0.4 is 10.6 Å². The normalized spacial score (nSPS) is 14.3. The van der Waals surface area contributed by atoms with Crippen molar-refractivity contribution < 1.29 is 14.3 Å². The number of ether oxygens (including phenoxy) is 1. The maximum Gasteiger partial charge on any atom is 0.325 e. The molecule has 3 aromatic rings. The van der Waals surface area contributed by atoms with Crippen LogP contribution >= 0.6 is 0 Å². The highest BCUT2D eigenvalue weighted by Gasteiger charge is 2.20. The van der Waals surface area contributed by atoms with E-state index in [1.54, 1.807) is 42.5 Å². The molecule has 0 atom stereocenters. The average molecular weight is 462 g/mol. The predicted octanol–water partition coefficient (Wildman–Crippen LogP) is 5.06. The van der Waals surface area contributed by atoms with Gasteiger partial charge in [0.05, 0.1) is 29.8 Å². The number of aromatic amines is 1. The lowest BCUT2D eigenvalue weighted by Crippen LogP contribution is -2.30. The molecule has 1 aromatic heterocycles. The number of nitrogens with one attached hydrogen (secondary N) is 3. The zero-order valence-corrected chi connectivity index (χ0v) is 19.9. The molecule has 1 saturated carbocycles. The Bertz CT molecular complexity index is 1170. The summed E-state index contributed by atoms with van der Waals surface area (Å²) in [5.74, 6) is -0.389. The Kier molecular flexibility index (Phi) is 8.25. The molecule has 2 aromatic carbocycles. The van der Waals surface area contributed by atoms with Gasteiger partial charge >= 0.3 is 5.97 Å². The van der Waals surface area contributed by atoms with Crippen LogP contribution in [0.1, 0.15) is 61.9 Å². The van der Waals surface area contributed by atoms with Crippen LogP contribution in [0, 0.1) is 16.7 Å². The largest absolute Gasteiger partial charge is 0.468 e. The number of amides is 1. The number of anilines is 2. The minimum atomic E-state index is -0.519. The number of benzene rings is 2. The molecule has 1 fully saturated rings. The number of nitrogens with zero attached hydrogens (tertiary/aromatic N) is 2. The van der Waals surface area contributed by atoms with Gasteiger partial charge in [-0.05, 0) is 60.7 Å². The molecule has 34 heavy (non-hydrogen) atoms. The summed E-state index contributed by atoms with van der Waals surface area (Å²) in [5, 5.41) is 14.4. The van der Waals surface area contributed by atoms with E-state index < -0.39 is 5.97 Å². The fourth-order valence-corrected chi connectivity index (χ4v) is 3.81. The standard InChI is InChI=1S/C18H15N5O3.C8H16/c1-26-16(24)10-20-17(25)12-4-7-14-15(8-12)23-18(22-14)21-13-5-2-11(9-19)3-6-13;1-8(2)6-4-3-5-7-8/h2-8H,10H2,1H3,(H,20,25)(H2,21,22,23);3-7H2,1-2H3. The smallest absolute Gasteiger partial charge is 0.325 e.